The van der Waals surface area contributed by atoms with Crippen LogP contribution >= 0.6 is 11.8 Å². The van der Waals surface area contributed by atoms with Crippen molar-refractivity contribution < 1.29 is 4.79 Å². The first-order valence-electron chi connectivity index (χ1n) is 4.33. The number of carbonyl (C=O) groups excluding carboxylic acids is 1. The van der Waals surface area contributed by atoms with Gasteiger partial charge in [0.15, 0.2) is 0 Å². The standard InChI is InChI=1S/C7H11N5OS/c1-14-7(2-3-7)4-8-6(13)5-9-11-12-10-5/h2-4H2,1H3,(H,8,13)(H,9,10,11,12). The van der Waals surface area contributed by atoms with E-state index in [1.165, 1.54) is 12.8 Å². The molecule has 2 N–H and O–H groups in total. The Kier molecular flexibility index (Phi) is 2.40. The molecule has 1 aromatic heterocycles. The minimum absolute atomic E-state index is 0.0990. The van der Waals surface area contributed by atoms with E-state index >= 15 is 0 Å². The van der Waals surface area contributed by atoms with Crippen LogP contribution in [0.4, 0.5) is 0 Å². The Labute approximate surface area is 85.2 Å². The number of hydrogen-bond donors (Lipinski definition) is 2. The zero-order chi connectivity index (χ0) is 10.0. The van der Waals surface area contributed by atoms with Gasteiger partial charge >= 0.3 is 0 Å². The van der Waals surface area contributed by atoms with E-state index in [2.05, 4.69) is 32.2 Å². The molecule has 14 heavy (non-hydrogen) atoms. The van der Waals surface area contributed by atoms with Gasteiger partial charge in [-0.3, -0.25) is 4.79 Å². The van der Waals surface area contributed by atoms with Crippen LogP contribution in [-0.4, -0.2) is 44.1 Å². The Morgan fingerprint density at radius 3 is 3.00 bits per heavy atom. The van der Waals surface area contributed by atoms with Crippen LogP contribution in [0.25, 0.3) is 0 Å². The predicted octanol–water partition coefficient (Wildman–Crippen LogP) is -0.175. The van der Waals surface area contributed by atoms with Gasteiger partial charge in [-0.1, -0.05) is 0 Å². The third-order valence-electron chi connectivity index (χ3n) is 2.36. The van der Waals surface area contributed by atoms with E-state index in [1.54, 1.807) is 11.8 Å². The van der Waals surface area contributed by atoms with Gasteiger partial charge in [-0.25, -0.2) is 0 Å². The summed E-state index contributed by atoms with van der Waals surface area (Å²) >= 11 is 1.80. The fourth-order valence-corrected chi connectivity index (χ4v) is 1.90. The molecule has 0 aliphatic heterocycles. The first-order valence-corrected chi connectivity index (χ1v) is 5.55. The number of aromatic nitrogens is 4. The predicted molar refractivity (Wildman–Crippen MR) is 52.0 cm³/mol. The van der Waals surface area contributed by atoms with E-state index in [1.807, 2.05) is 0 Å². The van der Waals surface area contributed by atoms with Crippen molar-refractivity contribution in [3.63, 3.8) is 0 Å². The van der Waals surface area contributed by atoms with E-state index in [0.717, 1.165) is 0 Å². The highest BCUT2D eigenvalue weighted by molar-refractivity contribution is 8.00. The number of amides is 1. The molecule has 0 atom stereocenters. The second-order valence-corrected chi connectivity index (χ2v) is 4.58. The molecule has 0 radical (unpaired) electrons. The zero-order valence-corrected chi connectivity index (χ0v) is 8.60. The van der Waals surface area contributed by atoms with Crippen molar-refractivity contribution in [2.75, 3.05) is 12.8 Å². The number of tetrazole rings is 1. The number of nitrogens with zero attached hydrogens (tertiary/aromatic N) is 3. The van der Waals surface area contributed by atoms with Crippen molar-refractivity contribution in [2.45, 2.75) is 17.6 Å². The van der Waals surface area contributed by atoms with Crippen LogP contribution in [0.5, 0.6) is 0 Å². The molecule has 7 heteroatoms. The van der Waals surface area contributed by atoms with E-state index < -0.39 is 0 Å². The fraction of sp³-hybridized carbons (Fsp3) is 0.714. The Morgan fingerprint density at radius 1 is 1.71 bits per heavy atom. The summed E-state index contributed by atoms with van der Waals surface area (Å²) in [7, 11) is 0. The molecule has 0 bridgehead atoms. The molecule has 0 saturated heterocycles. The fourth-order valence-electron chi connectivity index (χ4n) is 1.17. The number of thioether (sulfide) groups is 1. The van der Waals surface area contributed by atoms with Crippen LogP contribution < -0.4 is 5.32 Å². The van der Waals surface area contributed by atoms with Gasteiger partial charge in [0.25, 0.3) is 11.7 Å². The van der Waals surface area contributed by atoms with Gasteiger partial charge < -0.3 is 5.32 Å². The molecule has 1 aliphatic carbocycles. The minimum Gasteiger partial charge on any atom is -0.348 e. The van der Waals surface area contributed by atoms with E-state index in [0.29, 0.717) is 6.54 Å². The van der Waals surface area contributed by atoms with Crippen LogP contribution in [0.2, 0.25) is 0 Å². The molecule has 1 aliphatic rings. The minimum atomic E-state index is -0.265. The zero-order valence-electron chi connectivity index (χ0n) is 7.78. The van der Waals surface area contributed by atoms with Gasteiger partial charge in [0.05, 0.1) is 0 Å². The lowest BCUT2D eigenvalue weighted by Crippen LogP contribution is -2.32. The maximum absolute atomic E-state index is 11.4. The summed E-state index contributed by atoms with van der Waals surface area (Å²) in [5.41, 5.74) is 0. The Balaban J connectivity index is 1.84. The van der Waals surface area contributed by atoms with Crippen molar-refractivity contribution in [3.05, 3.63) is 5.82 Å². The normalized spacial score (nSPS) is 17.8. The van der Waals surface area contributed by atoms with Gasteiger partial charge in [-0.2, -0.15) is 17.0 Å². The highest BCUT2D eigenvalue weighted by Gasteiger charge is 2.42. The Bertz CT molecular complexity index is 321. The summed E-state index contributed by atoms with van der Waals surface area (Å²) in [6.45, 7) is 0.682. The first kappa shape index (κ1) is 9.45. The number of hydrogen-bond acceptors (Lipinski definition) is 5. The second-order valence-electron chi connectivity index (χ2n) is 3.31. The molecule has 76 valence electrons. The molecule has 1 fully saturated rings. The third-order valence-corrected chi connectivity index (χ3v) is 3.78. The number of carbonyl (C=O) groups is 1. The van der Waals surface area contributed by atoms with Crippen molar-refractivity contribution in [3.8, 4) is 0 Å². The molecule has 0 aromatic carbocycles. The molecule has 1 amide bonds. The lowest BCUT2D eigenvalue weighted by Gasteiger charge is -2.11. The monoisotopic (exact) mass is 213 g/mol. The first-order chi connectivity index (χ1) is 6.76. The van der Waals surface area contributed by atoms with Crippen LogP contribution in [0.1, 0.15) is 23.5 Å². The number of nitrogens with one attached hydrogen (secondary N) is 2. The third kappa shape index (κ3) is 1.87. The summed E-state index contributed by atoms with van der Waals surface area (Å²) in [6.07, 6.45) is 4.40. The molecule has 1 heterocycles. The lowest BCUT2D eigenvalue weighted by atomic mass is 10.4. The molecular formula is C7H11N5OS. The van der Waals surface area contributed by atoms with Gasteiger partial charge in [-0.15, -0.1) is 10.2 Å². The van der Waals surface area contributed by atoms with Crippen LogP contribution in [-0.2, 0) is 0 Å². The van der Waals surface area contributed by atoms with Crippen molar-refractivity contribution in [2.24, 2.45) is 0 Å². The Hall–Kier alpha value is -1.11. The molecule has 1 saturated carbocycles. The van der Waals surface area contributed by atoms with Gasteiger partial charge in [-0.05, 0) is 24.3 Å². The number of aromatic amines is 1. The summed E-state index contributed by atoms with van der Waals surface area (Å²) in [5, 5.41) is 15.6. The lowest BCUT2D eigenvalue weighted by molar-refractivity contribution is 0.0942. The van der Waals surface area contributed by atoms with Crippen LogP contribution in [0.15, 0.2) is 0 Å². The maximum Gasteiger partial charge on any atom is 0.292 e. The van der Waals surface area contributed by atoms with Crippen LogP contribution in [0.3, 0.4) is 0 Å². The summed E-state index contributed by atoms with van der Waals surface area (Å²) in [6, 6.07) is 0. The van der Waals surface area contributed by atoms with Crippen LogP contribution in [0, 0.1) is 0 Å². The quantitative estimate of drug-likeness (QED) is 0.725. The number of rotatable bonds is 4. The van der Waals surface area contributed by atoms with Gasteiger partial charge in [0.2, 0.25) is 0 Å². The summed E-state index contributed by atoms with van der Waals surface area (Å²) in [5.74, 6) is -0.166. The second kappa shape index (κ2) is 3.56. The van der Waals surface area contributed by atoms with E-state index in [9.17, 15) is 4.79 Å². The molecule has 0 unspecified atom stereocenters. The molecule has 1 aromatic rings. The van der Waals surface area contributed by atoms with Gasteiger partial charge in [0, 0.05) is 11.3 Å². The molecule has 2 rings (SSSR count). The summed E-state index contributed by atoms with van der Waals surface area (Å²) < 4.78 is 0.263. The average Bonchev–Trinajstić information content (AvgIpc) is 2.78. The Morgan fingerprint density at radius 2 is 2.50 bits per heavy atom. The van der Waals surface area contributed by atoms with E-state index in [4.69, 9.17) is 0 Å². The number of H-pyrrole nitrogens is 1. The largest absolute Gasteiger partial charge is 0.348 e. The molecular weight excluding hydrogens is 202 g/mol. The topological polar surface area (TPSA) is 83.6 Å². The summed E-state index contributed by atoms with van der Waals surface area (Å²) in [4.78, 5) is 11.4. The molecule has 6 nitrogen and oxygen atoms in total. The van der Waals surface area contributed by atoms with E-state index in [-0.39, 0.29) is 16.5 Å². The maximum atomic E-state index is 11.4. The highest BCUT2D eigenvalue weighted by atomic mass is 32.2. The smallest absolute Gasteiger partial charge is 0.292 e. The van der Waals surface area contributed by atoms with Crippen molar-refractivity contribution >= 4 is 17.7 Å². The molecule has 0 spiro atoms. The van der Waals surface area contributed by atoms with Crippen molar-refractivity contribution in [1.29, 1.82) is 0 Å². The van der Waals surface area contributed by atoms with Crippen molar-refractivity contribution in [1.82, 2.24) is 25.9 Å². The van der Waals surface area contributed by atoms with Gasteiger partial charge in [0.1, 0.15) is 0 Å². The average molecular weight is 213 g/mol. The highest BCUT2D eigenvalue weighted by Crippen LogP contribution is 2.46. The SMILES string of the molecule is CSC1(CNC(=O)c2nn[nH]n2)CC1.